The van der Waals surface area contributed by atoms with Crippen LogP contribution in [-0.2, 0) is 6.54 Å². The van der Waals surface area contributed by atoms with Crippen LogP contribution >= 0.6 is 15.9 Å². The minimum absolute atomic E-state index is 0.108. The Morgan fingerprint density at radius 3 is 2.70 bits per heavy atom. The number of hydrogen-bond acceptors (Lipinski definition) is 3. The number of hydrogen-bond donors (Lipinski definition) is 0. The van der Waals surface area contributed by atoms with Crippen LogP contribution in [0.5, 0.6) is 5.75 Å². The van der Waals surface area contributed by atoms with Gasteiger partial charge in [0.25, 0.3) is 5.91 Å². The summed E-state index contributed by atoms with van der Waals surface area (Å²) < 4.78 is 11.6. The lowest BCUT2D eigenvalue weighted by atomic mass is 10.1. The summed E-state index contributed by atoms with van der Waals surface area (Å²) in [6.45, 7) is 2.30. The van der Waals surface area contributed by atoms with Crippen molar-refractivity contribution in [2.75, 3.05) is 14.2 Å². The molecule has 0 saturated heterocycles. The number of benzene rings is 1. The van der Waals surface area contributed by atoms with Crippen LogP contribution in [0.3, 0.4) is 0 Å². The van der Waals surface area contributed by atoms with Gasteiger partial charge >= 0.3 is 0 Å². The standard InChI is InChI=1S/C15H16BrNO3/c1-10-4-6-12(20-10)9-17(2)15(18)13-7-5-11(16)8-14(13)19-3/h4-8H,9H2,1-3H3. The van der Waals surface area contributed by atoms with E-state index < -0.39 is 0 Å². The molecule has 0 aliphatic heterocycles. The van der Waals surface area contributed by atoms with Crippen LogP contribution in [0, 0.1) is 6.92 Å². The number of aryl methyl sites for hydroxylation is 1. The van der Waals surface area contributed by atoms with Crippen molar-refractivity contribution in [3.8, 4) is 5.75 Å². The molecule has 1 aromatic heterocycles. The predicted molar refractivity (Wildman–Crippen MR) is 79.9 cm³/mol. The molecular weight excluding hydrogens is 322 g/mol. The number of halogens is 1. The van der Waals surface area contributed by atoms with E-state index in [2.05, 4.69) is 15.9 Å². The Labute approximate surface area is 126 Å². The second-order valence-electron chi connectivity index (χ2n) is 4.52. The molecule has 1 aromatic carbocycles. The van der Waals surface area contributed by atoms with Gasteiger partial charge < -0.3 is 14.1 Å². The average molecular weight is 338 g/mol. The van der Waals surface area contributed by atoms with Gasteiger partial charge in [0.1, 0.15) is 17.3 Å². The number of methoxy groups -OCH3 is 1. The predicted octanol–water partition coefficient (Wildman–Crippen LogP) is 3.63. The molecule has 106 valence electrons. The number of carbonyl (C=O) groups excluding carboxylic acids is 1. The first-order valence-electron chi connectivity index (χ1n) is 6.15. The van der Waals surface area contributed by atoms with E-state index in [1.54, 1.807) is 31.2 Å². The minimum atomic E-state index is -0.108. The van der Waals surface area contributed by atoms with Crippen molar-refractivity contribution in [1.82, 2.24) is 4.90 Å². The Kier molecular flexibility index (Phi) is 4.49. The number of carbonyl (C=O) groups is 1. The van der Waals surface area contributed by atoms with E-state index in [1.807, 2.05) is 25.1 Å². The molecule has 0 radical (unpaired) electrons. The monoisotopic (exact) mass is 337 g/mol. The molecule has 0 aliphatic carbocycles. The molecule has 0 bridgehead atoms. The van der Waals surface area contributed by atoms with Crippen LogP contribution in [0.15, 0.2) is 39.2 Å². The van der Waals surface area contributed by atoms with Gasteiger partial charge in [0, 0.05) is 11.5 Å². The van der Waals surface area contributed by atoms with Gasteiger partial charge in [-0.25, -0.2) is 0 Å². The summed E-state index contributed by atoms with van der Waals surface area (Å²) in [5.41, 5.74) is 0.529. The molecule has 4 nitrogen and oxygen atoms in total. The third kappa shape index (κ3) is 3.22. The Morgan fingerprint density at radius 1 is 1.35 bits per heavy atom. The summed E-state index contributed by atoms with van der Waals surface area (Å²) in [5, 5.41) is 0. The Hall–Kier alpha value is -1.75. The highest BCUT2D eigenvalue weighted by atomic mass is 79.9. The van der Waals surface area contributed by atoms with Gasteiger partial charge in [-0.1, -0.05) is 15.9 Å². The van der Waals surface area contributed by atoms with E-state index in [-0.39, 0.29) is 5.91 Å². The largest absolute Gasteiger partial charge is 0.496 e. The summed E-state index contributed by atoms with van der Waals surface area (Å²) in [4.78, 5) is 14.0. The van der Waals surface area contributed by atoms with E-state index in [4.69, 9.17) is 9.15 Å². The van der Waals surface area contributed by atoms with Crippen LogP contribution in [-0.4, -0.2) is 25.0 Å². The maximum absolute atomic E-state index is 12.4. The number of nitrogens with zero attached hydrogens (tertiary/aromatic N) is 1. The van der Waals surface area contributed by atoms with Crippen LogP contribution in [0.1, 0.15) is 21.9 Å². The van der Waals surface area contributed by atoms with Crippen molar-refractivity contribution in [2.45, 2.75) is 13.5 Å². The molecule has 0 unspecified atom stereocenters. The van der Waals surface area contributed by atoms with E-state index in [0.29, 0.717) is 17.9 Å². The normalized spacial score (nSPS) is 10.4. The third-order valence-electron chi connectivity index (χ3n) is 2.93. The maximum Gasteiger partial charge on any atom is 0.257 e. The highest BCUT2D eigenvalue weighted by Crippen LogP contribution is 2.25. The average Bonchev–Trinajstić information content (AvgIpc) is 2.83. The molecule has 0 aliphatic rings. The second kappa shape index (κ2) is 6.13. The molecule has 1 heterocycles. The fourth-order valence-corrected chi connectivity index (χ4v) is 2.26. The van der Waals surface area contributed by atoms with Crippen molar-refractivity contribution in [1.29, 1.82) is 0 Å². The molecule has 0 spiro atoms. The molecule has 0 N–H and O–H groups in total. The Balaban J connectivity index is 2.18. The quantitative estimate of drug-likeness (QED) is 0.855. The van der Waals surface area contributed by atoms with Gasteiger partial charge in [0.2, 0.25) is 0 Å². The van der Waals surface area contributed by atoms with Crippen molar-refractivity contribution >= 4 is 21.8 Å². The number of furan rings is 1. The zero-order chi connectivity index (χ0) is 14.7. The van der Waals surface area contributed by atoms with Crippen molar-refractivity contribution in [3.05, 3.63) is 51.9 Å². The van der Waals surface area contributed by atoms with Gasteiger partial charge in [-0.15, -0.1) is 0 Å². The Bertz CT molecular complexity index is 621. The summed E-state index contributed by atoms with van der Waals surface area (Å²) in [6, 6.07) is 9.10. The minimum Gasteiger partial charge on any atom is -0.496 e. The topological polar surface area (TPSA) is 42.7 Å². The van der Waals surface area contributed by atoms with Crippen molar-refractivity contribution in [3.63, 3.8) is 0 Å². The summed E-state index contributed by atoms with van der Waals surface area (Å²) in [6.07, 6.45) is 0. The summed E-state index contributed by atoms with van der Waals surface area (Å²) in [5.74, 6) is 2.03. The zero-order valence-corrected chi connectivity index (χ0v) is 13.2. The molecule has 2 aromatic rings. The lowest BCUT2D eigenvalue weighted by Gasteiger charge is -2.17. The summed E-state index contributed by atoms with van der Waals surface area (Å²) in [7, 11) is 3.29. The molecule has 0 fully saturated rings. The molecule has 2 rings (SSSR count). The van der Waals surface area contributed by atoms with E-state index in [0.717, 1.165) is 16.0 Å². The lowest BCUT2D eigenvalue weighted by molar-refractivity contribution is 0.0771. The smallest absolute Gasteiger partial charge is 0.257 e. The number of rotatable bonds is 4. The number of amides is 1. The van der Waals surface area contributed by atoms with E-state index >= 15 is 0 Å². The Morgan fingerprint density at radius 2 is 2.10 bits per heavy atom. The SMILES string of the molecule is COc1cc(Br)ccc1C(=O)N(C)Cc1ccc(C)o1. The van der Waals surface area contributed by atoms with Crippen molar-refractivity contribution in [2.24, 2.45) is 0 Å². The van der Waals surface area contributed by atoms with Gasteiger partial charge in [0.15, 0.2) is 0 Å². The second-order valence-corrected chi connectivity index (χ2v) is 5.43. The molecular formula is C15H16BrNO3. The molecule has 0 saturated carbocycles. The van der Waals surface area contributed by atoms with Crippen LogP contribution in [0.4, 0.5) is 0 Å². The molecule has 0 atom stereocenters. The van der Waals surface area contributed by atoms with Crippen LogP contribution in [0.25, 0.3) is 0 Å². The molecule has 1 amide bonds. The van der Waals surface area contributed by atoms with Gasteiger partial charge in [-0.3, -0.25) is 4.79 Å². The van der Waals surface area contributed by atoms with E-state index in [1.165, 1.54) is 0 Å². The van der Waals surface area contributed by atoms with Gasteiger partial charge in [0.05, 0.1) is 19.2 Å². The highest BCUT2D eigenvalue weighted by Gasteiger charge is 2.18. The first-order chi connectivity index (χ1) is 9.51. The fourth-order valence-electron chi connectivity index (χ4n) is 1.92. The van der Waals surface area contributed by atoms with Crippen LogP contribution in [0.2, 0.25) is 0 Å². The van der Waals surface area contributed by atoms with Crippen molar-refractivity contribution < 1.29 is 13.9 Å². The molecule has 20 heavy (non-hydrogen) atoms. The zero-order valence-electron chi connectivity index (χ0n) is 11.6. The van der Waals surface area contributed by atoms with Gasteiger partial charge in [-0.05, 0) is 37.3 Å². The van der Waals surface area contributed by atoms with E-state index in [9.17, 15) is 4.79 Å². The molecule has 5 heteroatoms. The third-order valence-corrected chi connectivity index (χ3v) is 3.42. The first kappa shape index (κ1) is 14.7. The lowest BCUT2D eigenvalue weighted by Crippen LogP contribution is -2.26. The van der Waals surface area contributed by atoms with Gasteiger partial charge in [-0.2, -0.15) is 0 Å². The van der Waals surface area contributed by atoms with Crippen LogP contribution < -0.4 is 4.74 Å². The number of ether oxygens (including phenoxy) is 1. The fraction of sp³-hybridized carbons (Fsp3) is 0.267. The maximum atomic E-state index is 12.4. The first-order valence-corrected chi connectivity index (χ1v) is 6.95. The summed E-state index contributed by atoms with van der Waals surface area (Å²) >= 11 is 3.36. The highest BCUT2D eigenvalue weighted by molar-refractivity contribution is 9.10.